The van der Waals surface area contributed by atoms with Crippen LogP contribution >= 0.6 is 11.3 Å². The molecule has 0 atom stereocenters. The van der Waals surface area contributed by atoms with Crippen molar-refractivity contribution in [2.45, 2.75) is 13.8 Å². The maximum absolute atomic E-state index is 13.3. The van der Waals surface area contributed by atoms with Crippen molar-refractivity contribution in [2.24, 2.45) is 0 Å². The lowest BCUT2D eigenvalue weighted by Crippen LogP contribution is -2.13. The molecule has 0 saturated heterocycles. The third-order valence-corrected chi connectivity index (χ3v) is 6.10. The predicted molar refractivity (Wildman–Crippen MR) is 124 cm³/mol. The van der Waals surface area contributed by atoms with Gasteiger partial charge in [-0.05, 0) is 37.6 Å². The number of benzene rings is 3. The summed E-state index contributed by atoms with van der Waals surface area (Å²) in [5.74, 6) is -0.180. The molecule has 0 aliphatic heterocycles. The molecule has 0 aliphatic rings. The van der Waals surface area contributed by atoms with Gasteiger partial charge in [0.1, 0.15) is 0 Å². The predicted octanol–water partition coefficient (Wildman–Crippen LogP) is 6.38. The number of thiazole rings is 1. The summed E-state index contributed by atoms with van der Waals surface area (Å²) < 4.78 is 1.04. The minimum absolute atomic E-state index is 0.180. The van der Waals surface area contributed by atoms with Gasteiger partial charge >= 0.3 is 0 Å². The van der Waals surface area contributed by atoms with Crippen molar-refractivity contribution >= 4 is 43.5 Å². The molecule has 1 N–H and O–H groups in total. The number of nitrogens with zero attached hydrogens (tertiary/aromatic N) is 2. The van der Waals surface area contributed by atoms with Crippen molar-refractivity contribution < 1.29 is 4.79 Å². The number of amides is 1. The van der Waals surface area contributed by atoms with Gasteiger partial charge in [0, 0.05) is 10.9 Å². The van der Waals surface area contributed by atoms with Crippen molar-refractivity contribution in [3.05, 3.63) is 89.5 Å². The van der Waals surface area contributed by atoms with Gasteiger partial charge in [-0.3, -0.25) is 10.1 Å². The van der Waals surface area contributed by atoms with Crippen molar-refractivity contribution in [3.8, 4) is 11.3 Å². The zero-order valence-corrected chi connectivity index (χ0v) is 17.5. The summed E-state index contributed by atoms with van der Waals surface area (Å²) in [7, 11) is 0. The quantitative estimate of drug-likeness (QED) is 0.376. The lowest BCUT2D eigenvalue weighted by molar-refractivity contribution is 0.102. The van der Waals surface area contributed by atoms with E-state index in [4.69, 9.17) is 4.98 Å². The van der Waals surface area contributed by atoms with Crippen LogP contribution in [0.4, 0.5) is 5.13 Å². The maximum Gasteiger partial charge on any atom is 0.258 e. The monoisotopic (exact) mass is 409 g/mol. The van der Waals surface area contributed by atoms with E-state index in [1.165, 1.54) is 16.9 Å². The first-order valence-electron chi connectivity index (χ1n) is 9.73. The van der Waals surface area contributed by atoms with Crippen molar-refractivity contribution in [1.29, 1.82) is 0 Å². The molecule has 2 aromatic heterocycles. The molecular formula is C25H19N3OS. The number of hydrogen-bond acceptors (Lipinski definition) is 4. The van der Waals surface area contributed by atoms with E-state index in [1.54, 1.807) is 0 Å². The van der Waals surface area contributed by atoms with Crippen LogP contribution in [0.25, 0.3) is 32.4 Å². The minimum atomic E-state index is -0.180. The SMILES string of the molecule is Cc1ccc(-c2cc(C(=O)Nc3nc4ccccc4s3)c3cccc(C)c3n2)cc1. The summed E-state index contributed by atoms with van der Waals surface area (Å²) in [6, 6.07) is 23.8. The summed E-state index contributed by atoms with van der Waals surface area (Å²) in [5.41, 5.74) is 6.31. The standard InChI is InChI=1S/C25H19N3OS/c1-15-10-12-17(13-11-15)21-14-19(18-7-5-6-16(2)23(18)26-21)24(29)28-25-27-20-8-3-4-9-22(20)30-25/h3-14H,1-2H3,(H,27,28,29). The average molecular weight is 410 g/mol. The third kappa shape index (κ3) is 3.33. The van der Waals surface area contributed by atoms with Gasteiger partial charge in [-0.1, -0.05) is 71.5 Å². The van der Waals surface area contributed by atoms with Gasteiger partial charge in [0.15, 0.2) is 5.13 Å². The number of rotatable bonds is 3. The number of aromatic nitrogens is 2. The smallest absolute Gasteiger partial charge is 0.258 e. The molecule has 5 rings (SSSR count). The Morgan fingerprint density at radius 1 is 0.900 bits per heavy atom. The fourth-order valence-electron chi connectivity index (χ4n) is 3.54. The Hall–Kier alpha value is -3.57. The second kappa shape index (κ2) is 7.35. The van der Waals surface area contributed by atoms with Gasteiger partial charge in [0.25, 0.3) is 5.91 Å². The van der Waals surface area contributed by atoms with Crippen LogP contribution in [0.15, 0.2) is 72.8 Å². The van der Waals surface area contributed by atoms with Gasteiger partial charge in [0.2, 0.25) is 0 Å². The van der Waals surface area contributed by atoms with Crippen molar-refractivity contribution in [3.63, 3.8) is 0 Å². The average Bonchev–Trinajstić information content (AvgIpc) is 3.16. The summed E-state index contributed by atoms with van der Waals surface area (Å²) >= 11 is 1.47. The normalized spacial score (nSPS) is 11.1. The van der Waals surface area contributed by atoms with Gasteiger partial charge in [-0.25, -0.2) is 9.97 Å². The van der Waals surface area contributed by atoms with E-state index in [1.807, 2.05) is 67.6 Å². The molecule has 0 bridgehead atoms. The molecule has 0 aliphatic carbocycles. The van der Waals surface area contributed by atoms with Gasteiger partial charge in [0.05, 0.1) is 27.0 Å². The second-order valence-electron chi connectivity index (χ2n) is 7.33. The Morgan fingerprint density at radius 3 is 2.50 bits per heavy atom. The third-order valence-electron chi connectivity index (χ3n) is 5.15. The van der Waals surface area contributed by atoms with Crippen molar-refractivity contribution in [2.75, 3.05) is 5.32 Å². The molecule has 4 nitrogen and oxygen atoms in total. The molecule has 0 saturated carbocycles. The Kier molecular flexibility index (Phi) is 4.52. The Bertz CT molecular complexity index is 1370. The largest absolute Gasteiger partial charge is 0.298 e. The fraction of sp³-hybridized carbons (Fsp3) is 0.0800. The molecule has 30 heavy (non-hydrogen) atoms. The summed E-state index contributed by atoms with van der Waals surface area (Å²) in [6.07, 6.45) is 0. The van der Waals surface area contributed by atoms with Gasteiger partial charge in [-0.2, -0.15) is 0 Å². The fourth-order valence-corrected chi connectivity index (χ4v) is 4.40. The van der Waals surface area contributed by atoms with Crippen LogP contribution in [0, 0.1) is 13.8 Å². The number of fused-ring (bicyclic) bond motifs is 2. The Labute approximate surface area is 178 Å². The van der Waals surface area contributed by atoms with Crippen LogP contribution < -0.4 is 5.32 Å². The molecular weight excluding hydrogens is 390 g/mol. The van der Waals surface area contributed by atoms with Crippen LogP contribution in [0.3, 0.4) is 0 Å². The lowest BCUT2D eigenvalue weighted by atomic mass is 10.0. The highest BCUT2D eigenvalue weighted by atomic mass is 32.1. The summed E-state index contributed by atoms with van der Waals surface area (Å²) in [5, 5.41) is 4.42. The van der Waals surface area contributed by atoms with Crippen LogP contribution in [-0.4, -0.2) is 15.9 Å². The minimum Gasteiger partial charge on any atom is -0.298 e. The number of para-hydroxylation sites is 2. The number of carbonyl (C=O) groups is 1. The number of anilines is 1. The van der Waals surface area contributed by atoms with E-state index in [0.717, 1.165) is 37.9 Å². The number of carbonyl (C=O) groups excluding carboxylic acids is 1. The molecule has 0 unspecified atom stereocenters. The van der Waals surface area contributed by atoms with E-state index in [9.17, 15) is 4.79 Å². The topological polar surface area (TPSA) is 54.9 Å². The van der Waals surface area contributed by atoms with E-state index >= 15 is 0 Å². The molecule has 0 radical (unpaired) electrons. The summed E-state index contributed by atoms with van der Waals surface area (Å²) in [6.45, 7) is 4.07. The molecule has 5 aromatic rings. The Balaban J connectivity index is 1.61. The molecule has 0 fully saturated rings. The van der Waals surface area contributed by atoms with Crippen LogP contribution in [0.5, 0.6) is 0 Å². The molecule has 5 heteroatoms. The highest BCUT2D eigenvalue weighted by Crippen LogP contribution is 2.29. The van der Waals surface area contributed by atoms with Crippen LogP contribution in [0.2, 0.25) is 0 Å². The number of hydrogen-bond donors (Lipinski definition) is 1. The zero-order valence-electron chi connectivity index (χ0n) is 16.6. The van der Waals surface area contributed by atoms with E-state index < -0.39 is 0 Å². The number of nitrogens with one attached hydrogen (secondary N) is 1. The molecule has 146 valence electrons. The molecule has 2 heterocycles. The molecule has 3 aromatic carbocycles. The number of pyridine rings is 1. The van der Waals surface area contributed by atoms with Crippen LogP contribution in [-0.2, 0) is 0 Å². The highest BCUT2D eigenvalue weighted by molar-refractivity contribution is 7.22. The molecule has 0 spiro atoms. The van der Waals surface area contributed by atoms with Crippen molar-refractivity contribution in [1.82, 2.24) is 9.97 Å². The van der Waals surface area contributed by atoms with E-state index in [2.05, 4.69) is 29.4 Å². The van der Waals surface area contributed by atoms with Gasteiger partial charge < -0.3 is 0 Å². The van der Waals surface area contributed by atoms with Gasteiger partial charge in [-0.15, -0.1) is 0 Å². The van der Waals surface area contributed by atoms with Crippen LogP contribution in [0.1, 0.15) is 21.5 Å². The first-order valence-corrected chi connectivity index (χ1v) is 10.5. The lowest BCUT2D eigenvalue weighted by Gasteiger charge is -2.11. The number of aryl methyl sites for hydroxylation is 2. The summed E-state index contributed by atoms with van der Waals surface area (Å²) in [4.78, 5) is 22.7. The Morgan fingerprint density at radius 2 is 1.70 bits per heavy atom. The first-order chi connectivity index (χ1) is 14.6. The van der Waals surface area contributed by atoms with E-state index in [0.29, 0.717) is 10.7 Å². The zero-order chi connectivity index (χ0) is 20.7. The van der Waals surface area contributed by atoms with E-state index in [-0.39, 0.29) is 5.91 Å². The highest BCUT2D eigenvalue weighted by Gasteiger charge is 2.17. The maximum atomic E-state index is 13.3. The second-order valence-corrected chi connectivity index (χ2v) is 8.36. The first kappa shape index (κ1) is 18.5. The molecule has 1 amide bonds.